The summed E-state index contributed by atoms with van der Waals surface area (Å²) in [5.41, 5.74) is 0.648. The smallest absolute Gasteiger partial charge is 0.407 e. The second-order valence-electron chi connectivity index (χ2n) is 13.9. The number of alkyl carbamates (subject to hydrolysis) is 1. The summed E-state index contributed by atoms with van der Waals surface area (Å²) in [5, 5.41) is 16.5. The van der Waals surface area contributed by atoms with E-state index in [1.807, 2.05) is 13.8 Å². The molecule has 3 heterocycles. The quantitative estimate of drug-likeness (QED) is 0.174. The SMILES string of the molecule is CC(C)=CC[C@H]1O[C@]1(C)[C@H]1[C@H](C)[C@H](OC(=O)NCC(=O)N2CCC[C@H]2C(=O)N[C@@H](CC(C)C)C(=O)NCC(=O)O)CC[C@]12CO2. The van der Waals surface area contributed by atoms with Crippen LogP contribution in [0.1, 0.15) is 80.1 Å². The number of nitrogens with one attached hydrogen (secondary N) is 3. The number of carboxylic acids is 1. The molecule has 4 aliphatic rings. The molecule has 45 heavy (non-hydrogen) atoms. The molecular weight excluding hydrogens is 584 g/mol. The minimum atomic E-state index is -1.19. The third-order valence-corrected chi connectivity index (χ3v) is 9.65. The minimum Gasteiger partial charge on any atom is -0.480 e. The highest BCUT2D eigenvalue weighted by Crippen LogP contribution is 2.60. The molecule has 4 rings (SSSR count). The van der Waals surface area contributed by atoms with Crippen LogP contribution in [0.4, 0.5) is 4.79 Å². The van der Waals surface area contributed by atoms with E-state index in [1.54, 1.807) is 0 Å². The third kappa shape index (κ3) is 8.35. The van der Waals surface area contributed by atoms with Crippen molar-refractivity contribution in [1.82, 2.24) is 20.9 Å². The zero-order valence-electron chi connectivity index (χ0n) is 27.4. The van der Waals surface area contributed by atoms with Gasteiger partial charge in [0.2, 0.25) is 17.7 Å². The van der Waals surface area contributed by atoms with Gasteiger partial charge < -0.3 is 40.2 Å². The monoisotopic (exact) mass is 634 g/mol. The number of hydrogen-bond acceptors (Lipinski definition) is 8. The Morgan fingerprint density at radius 3 is 2.44 bits per heavy atom. The Morgan fingerprint density at radius 2 is 1.82 bits per heavy atom. The van der Waals surface area contributed by atoms with Gasteiger partial charge in [0, 0.05) is 18.4 Å². The summed E-state index contributed by atoms with van der Waals surface area (Å²) in [6.45, 7) is 12.2. The van der Waals surface area contributed by atoms with E-state index in [-0.39, 0.29) is 47.7 Å². The fourth-order valence-corrected chi connectivity index (χ4v) is 7.32. The van der Waals surface area contributed by atoms with Crippen molar-refractivity contribution in [1.29, 1.82) is 0 Å². The largest absolute Gasteiger partial charge is 0.480 e. The predicted octanol–water partition coefficient (Wildman–Crippen LogP) is 2.13. The van der Waals surface area contributed by atoms with Crippen LogP contribution in [0.15, 0.2) is 11.6 Å². The molecule has 252 valence electrons. The van der Waals surface area contributed by atoms with Crippen molar-refractivity contribution < 1.29 is 43.3 Å². The molecule has 0 aromatic rings. The van der Waals surface area contributed by atoms with Gasteiger partial charge in [-0.1, -0.05) is 32.4 Å². The number of ether oxygens (including phenoxy) is 3. The molecule has 4 fully saturated rings. The van der Waals surface area contributed by atoms with E-state index in [9.17, 15) is 24.0 Å². The molecule has 0 radical (unpaired) electrons. The zero-order valence-corrected chi connectivity index (χ0v) is 27.4. The average molecular weight is 635 g/mol. The number of carbonyl (C=O) groups is 5. The number of aliphatic carboxylic acids is 1. The lowest BCUT2D eigenvalue weighted by Gasteiger charge is -2.42. The van der Waals surface area contributed by atoms with Crippen molar-refractivity contribution in [3.8, 4) is 0 Å². The number of hydrogen-bond donors (Lipinski definition) is 4. The normalized spacial score (nSPS) is 32.4. The van der Waals surface area contributed by atoms with Crippen molar-refractivity contribution in [3.63, 3.8) is 0 Å². The highest BCUT2D eigenvalue weighted by atomic mass is 16.6. The summed E-state index contributed by atoms with van der Waals surface area (Å²) >= 11 is 0. The minimum absolute atomic E-state index is 0.0115. The molecule has 3 saturated heterocycles. The van der Waals surface area contributed by atoms with Crippen LogP contribution in [-0.4, -0.2) is 102 Å². The lowest BCUT2D eigenvalue weighted by atomic mass is 9.64. The van der Waals surface area contributed by atoms with Gasteiger partial charge in [-0.3, -0.25) is 19.2 Å². The predicted molar refractivity (Wildman–Crippen MR) is 163 cm³/mol. The molecule has 0 bridgehead atoms. The maximum absolute atomic E-state index is 13.2. The summed E-state index contributed by atoms with van der Waals surface area (Å²) in [7, 11) is 0. The third-order valence-electron chi connectivity index (χ3n) is 9.65. The molecule has 0 aromatic heterocycles. The topological polar surface area (TPSA) is 179 Å². The van der Waals surface area contributed by atoms with E-state index < -0.39 is 48.4 Å². The van der Waals surface area contributed by atoms with E-state index in [2.05, 4.69) is 49.7 Å². The van der Waals surface area contributed by atoms with Crippen molar-refractivity contribution in [2.75, 3.05) is 26.2 Å². The van der Waals surface area contributed by atoms with Crippen LogP contribution in [0, 0.1) is 17.8 Å². The van der Waals surface area contributed by atoms with Crippen LogP contribution < -0.4 is 16.0 Å². The summed E-state index contributed by atoms with van der Waals surface area (Å²) in [6.07, 6.45) is 4.78. The molecule has 13 nitrogen and oxygen atoms in total. The maximum Gasteiger partial charge on any atom is 0.407 e. The number of rotatable bonds is 13. The standard InChI is InChI=1S/C32H50N4O9/c1-18(2)9-10-24-31(6,45-24)27-20(5)23(11-12-32(27)17-43-32)44-30(42)34-15-25(37)36-13-7-8-22(36)29(41)35-21(14-19(3)4)28(40)33-16-26(38)39/h9,19-24,27H,7-8,10-17H2,1-6H3,(H,33,40)(H,34,42)(H,35,41)(H,38,39)/t20-,21+,22+,23-,24-,27-,31+,32+/m1/s1. The summed E-state index contributed by atoms with van der Waals surface area (Å²) in [4.78, 5) is 64.0. The Kier molecular flexibility index (Phi) is 10.8. The maximum atomic E-state index is 13.2. The summed E-state index contributed by atoms with van der Waals surface area (Å²) in [6, 6.07) is -1.74. The number of likely N-dealkylation sites (tertiary alicyclic amines) is 1. The van der Waals surface area contributed by atoms with E-state index in [1.165, 1.54) is 10.5 Å². The van der Waals surface area contributed by atoms with Crippen LogP contribution in [0.25, 0.3) is 0 Å². The molecule has 0 aromatic carbocycles. The van der Waals surface area contributed by atoms with Gasteiger partial charge in [-0.15, -0.1) is 0 Å². The fourth-order valence-electron chi connectivity index (χ4n) is 7.32. The Morgan fingerprint density at radius 1 is 1.11 bits per heavy atom. The van der Waals surface area contributed by atoms with Gasteiger partial charge in [-0.2, -0.15) is 0 Å². The van der Waals surface area contributed by atoms with Gasteiger partial charge in [0.25, 0.3) is 0 Å². The molecule has 1 aliphatic carbocycles. The number of epoxide rings is 2. The van der Waals surface area contributed by atoms with Crippen LogP contribution >= 0.6 is 0 Å². The first-order valence-corrected chi connectivity index (χ1v) is 16.2. The number of carboxylic acid groups (broad SMARTS) is 1. The van der Waals surface area contributed by atoms with Gasteiger partial charge in [0.15, 0.2) is 0 Å². The number of allylic oxidation sites excluding steroid dienone is 1. The molecule has 1 spiro atoms. The summed E-state index contributed by atoms with van der Waals surface area (Å²) < 4.78 is 18.0. The number of nitrogens with zero attached hydrogens (tertiary/aromatic N) is 1. The Hall–Kier alpha value is -3.19. The van der Waals surface area contributed by atoms with Crippen molar-refractivity contribution in [3.05, 3.63) is 11.6 Å². The van der Waals surface area contributed by atoms with Crippen LogP contribution in [0.2, 0.25) is 0 Å². The fraction of sp³-hybridized carbons (Fsp3) is 0.781. The van der Waals surface area contributed by atoms with Crippen LogP contribution in [-0.2, 0) is 33.4 Å². The molecule has 0 unspecified atom stereocenters. The van der Waals surface area contributed by atoms with Crippen molar-refractivity contribution in [2.24, 2.45) is 17.8 Å². The van der Waals surface area contributed by atoms with Crippen LogP contribution in [0.5, 0.6) is 0 Å². The number of amides is 4. The molecule has 3 aliphatic heterocycles. The van der Waals surface area contributed by atoms with Crippen molar-refractivity contribution >= 4 is 29.8 Å². The molecule has 4 N–H and O–H groups in total. The van der Waals surface area contributed by atoms with Crippen LogP contribution in [0.3, 0.4) is 0 Å². The Labute approximate surface area is 265 Å². The van der Waals surface area contributed by atoms with E-state index in [4.69, 9.17) is 19.3 Å². The van der Waals surface area contributed by atoms with Gasteiger partial charge >= 0.3 is 12.1 Å². The Balaban J connectivity index is 1.29. The molecule has 4 amide bonds. The number of carbonyl (C=O) groups excluding carboxylic acids is 4. The second-order valence-corrected chi connectivity index (χ2v) is 13.9. The lowest BCUT2D eigenvalue weighted by molar-refractivity contribution is -0.140. The van der Waals surface area contributed by atoms with E-state index in [0.717, 1.165) is 12.8 Å². The molecule has 1 saturated carbocycles. The molecule has 8 atom stereocenters. The first kappa shape index (κ1) is 34.7. The summed E-state index contributed by atoms with van der Waals surface area (Å²) in [5.74, 6) is -2.59. The van der Waals surface area contributed by atoms with Gasteiger partial charge in [0.05, 0.1) is 23.9 Å². The highest BCUT2D eigenvalue weighted by Gasteiger charge is 2.70. The first-order chi connectivity index (χ1) is 21.2. The average Bonchev–Trinajstić information content (AvgIpc) is 3.81. The Bertz CT molecular complexity index is 1180. The van der Waals surface area contributed by atoms with E-state index >= 15 is 0 Å². The molecular formula is C32H50N4O9. The second kappa shape index (κ2) is 14.1. The first-order valence-electron chi connectivity index (χ1n) is 16.2. The van der Waals surface area contributed by atoms with E-state index in [0.29, 0.717) is 38.8 Å². The van der Waals surface area contributed by atoms with Gasteiger partial charge in [-0.05, 0) is 65.2 Å². The van der Waals surface area contributed by atoms with Gasteiger partial charge in [-0.25, -0.2) is 4.79 Å². The lowest BCUT2D eigenvalue weighted by Crippen LogP contribution is -2.55. The highest BCUT2D eigenvalue weighted by molar-refractivity contribution is 5.93. The zero-order chi connectivity index (χ0) is 33.1. The van der Waals surface area contributed by atoms with Crippen molar-refractivity contribution in [2.45, 2.75) is 116 Å². The van der Waals surface area contributed by atoms with Gasteiger partial charge in [0.1, 0.15) is 31.3 Å². The molecule has 13 heteroatoms.